The van der Waals surface area contributed by atoms with Crippen LogP contribution in [0, 0.1) is 13.8 Å². The zero-order valence-corrected chi connectivity index (χ0v) is 19.8. The van der Waals surface area contributed by atoms with Crippen molar-refractivity contribution in [2.75, 3.05) is 25.0 Å². The smallest absolute Gasteiger partial charge is 0.229 e. The van der Waals surface area contributed by atoms with Gasteiger partial charge in [-0.2, -0.15) is 10.1 Å². The molecule has 1 aromatic carbocycles. The summed E-state index contributed by atoms with van der Waals surface area (Å²) in [5, 5.41) is 19.4. The Morgan fingerprint density at radius 3 is 2.88 bits per heavy atom. The number of benzene rings is 1. The Morgan fingerprint density at radius 1 is 1.24 bits per heavy atom. The van der Waals surface area contributed by atoms with Crippen molar-refractivity contribution < 1.29 is 5.11 Å². The molecule has 3 aromatic heterocycles. The van der Waals surface area contributed by atoms with Crippen molar-refractivity contribution >= 4 is 34.1 Å². The van der Waals surface area contributed by atoms with Crippen LogP contribution >= 0.6 is 11.6 Å². The van der Waals surface area contributed by atoms with Crippen LogP contribution in [0.25, 0.3) is 16.7 Å². The molecule has 1 fully saturated rings. The maximum Gasteiger partial charge on any atom is 0.229 e. The standard InChI is InChI=1S/C24H28ClN7O/c1-15-17(7-10-31-11-8-19(33)14-31)13-32(29-15)22-6-9-26-24(28-22)27-18-4-5-21-20(12-18)23(25)16(2)30(21)3/h4-6,9,12-13,19,33H,7-8,10-11,14H2,1-3H3,(H,26,27,28). The number of aryl methyl sites for hydroxylation is 2. The van der Waals surface area contributed by atoms with Gasteiger partial charge in [0.2, 0.25) is 5.95 Å². The van der Waals surface area contributed by atoms with E-state index in [1.54, 1.807) is 10.9 Å². The van der Waals surface area contributed by atoms with Crippen LogP contribution < -0.4 is 5.32 Å². The van der Waals surface area contributed by atoms with E-state index in [9.17, 15) is 5.11 Å². The first kappa shape index (κ1) is 21.9. The molecule has 5 rings (SSSR count). The van der Waals surface area contributed by atoms with Crippen LogP contribution in [0.3, 0.4) is 0 Å². The van der Waals surface area contributed by atoms with Crippen molar-refractivity contribution in [1.29, 1.82) is 0 Å². The number of anilines is 2. The summed E-state index contributed by atoms with van der Waals surface area (Å²) >= 11 is 6.51. The molecule has 1 aliphatic rings. The quantitative estimate of drug-likeness (QED) is 0.451. The third-order valence-electron chi connectivity index (χ3n) is 6.49. The van der Waals surface area contributed by atoms with Gasteiger partial charge in [0, 0.05) is 67.4 Å². The molecular formula is C24H28ClN7O. The van der Waals surface area contributed by atoms with Crippen LogP contribution in [0.2, 0.25) is 5.02 Å². The van der Waals surface area contributed by atoms with E-state index in [0.29, 0.717) is 11.8 Å². The van der Waals surface area contributed by atoms with Gasteiger partial charge in [0.05, 0.1) is 16.8 Å². The summed E-state index contributed by atoms with van der Waals surface area (Å²) < 4.78 is 3.89. The summed E-state index contributed by atoms with van der Waals surface area (Å²) in [7, 11) is 2.01. The second kappa shape index (κ2) is 8.78. The predicted octanol–water partition coefficient (Wildman–Crippen LogP) is 3.78. The number of hydrogen-bond donors (Lipinski definition) is 2. The Labute approximate surface area is 197 Å². The van der Waals surface area contributed by atoms with Crippen LogP contribution in [-0.4, -0.2) is 60.1 Å². The minimum atomic E-state index is -0.191. The Kier molecular flexibility index (Phi) is 5.82. The summed E-state index contributed by atoms with van der Waals surface area (Å²) in [6.45, 7) is 6.66. The molecule has 0 spiro atoms. The number of rotatable bonds is 6. The number of aliphatic hydroxyl groups is 1. The van der Waals surface area contributed by atoms with E-state index in [0.717, 1.165) is 65.5 Å². The van der Waals surface area contributed by atoms with Crippen molar-refractivity contribution in [3.05, 3.63) is 58.6 Å². The van der Waals surface area contributed by atoms with Gasteiger partial charge < -0.3 is 19.9 Å². The van der Waals surface area contributed by atoms with E-state index in [2.05, 4.69) is 29.9 Å². The second-order valence-electron chi connectivity index (χ2n) is 8.73. The number of halogens is 1. The first-order chi connectivity index (χ1) is 15.9. The number of aliphatic hydroxyl groups excluding tert-OH is 1. The minimum absolute atomic E-state index is 0.191. The maximum absolute atomic E-state index is 9.73. The van der Waals surface area contributed by atoms with Gasteiger partial charge in [0.1, 0.15) is 0 Å². The van der Waals surface area contributed by atoms with Gasteiger partial charge in [-0.15, -0.1) is 0 Å². The SMILES string of the molecule is Cc1nn(-c2ccnc(Nc3ccc4c(c3)c(Cl)c(C)n4C)n2)cc1CCN1CCC(O)C1. The molecule has 0 amide bonds. The molecule has 0 bridgehead atoms. The van der Waals surface area contributed by atoms with Crippen LogP contribution in [0.5, 0.6) is 0 Å². The molecule has 172 valence electrons. The Hall–Kier alpha value is -2.94. The van der Waals surface area contributed by atoms with Gasteiger partial charge in [0.25, 0.3) is 0 Å². The van der Waals surface area contributed by atoms with Crippen molar-refractivity contribution in [2.45, 2.75) is 32.8 Å². The fourth-order valence-corrected chi connectivity index (χ4v) is 4.70. The third kappa shape index (κ3) is 4.34. The molecule has 1 atom stereocenters. The van der Waals surface area contributed by atoms with E-state index >= 15 is 0 Å². The summed E-state index contributed by atoms with van der Waals surface area (Å²) in [5.74, 6) is 1.20. The average molecular weight is 466 g/mol. The molecular weight excluding hydrogens is 438 g/mol. The average Bonchev–Trinajstić information content (AvgIpc) is 3.46. The molecule has 4 aromatic rings. The largest absolute Gasteiger partial charge is 0.392 e. The molecule has 1 aliphatic heterocycles. The molecule has 0 saturated carbocycles. The van der Waals surface area contributed by atoms with Gasteiger partial charge in [0.15, 0.2) is 5.82 Å². The van der Waals surface area contributed by atoms with Crippen LogP contribution in [0.4, 0.5) is 11.6 Å². The highest BCUT2D eigenvalue weighted by molar-refractivity contribution is 6.36. The third-order valence-corrected chi connectivity index (χ3v) is 6.97. The lowest BCUT2D eigenvalue weighted by atomic mass is 10.2. The molecule has 33 heavy (non-hydrogen) atoms. The highest BCUT2D eigenvalue weighted by Crippen LogP contribution is 2.32. The van der Waals surface area contributed by atoms with Crippen molar-refractivity contribution in [1.82, 2.24) is 29.2 Å². The highest BCUT2D eigenvalue weighted by Gasteiger charge is 2.20. The van der Waals surface area contributed by atoms with E-state index in [1.165, 1.54) is 5.56 Å². The predicted molar refractivity (Wildman–Crippen MR) is 131 cm³/mol. The first-order valence-electron chi connectivity index (χ1n) is 11.2. The Balaban J connectivity index is 1.33. The Morgan fingerprint density at radius 2 is 2.09 bits per heavy atom. The molecule has 2 N–H and O–H groups in total. The number of β-amino-alcohol motifs (C(OH)–C–C–N with tert-alkyl or cyclic N) is 1. The summed E-state index contributed by atoms with van der Waals surface area (Å²) in [5.41, 5.74) is 5.16. The van der Waals surface area contributed by atoms with Gasteiger partial charge >= 0.3 is 0 Å². The number of nitrogens with one attached hydrogen (secondary N) is 1. The lowest BCUT2D eigenvalue weighted by molar-refractivity contribution is 0.177. The van der Waals surface area contributed by atoms with Gasteiger partial charge in [-0.3, -0.25) is 0 Å². The topological polar surface area (TPSA) is 84.0 Å². The van der Waals surface area contributed by atoms with E-state index in [1.807, 2.05) is 51.4 Å². The molecule has 1 unspecified atom stereocenters. The second-order valence-corrected chi connectivity index (χ2v) is 9.11. The number of likely N-dealkylation sites (tertiary alicyclic amines) is 1. The Bertz CT molecular complexity index is 1310. The molecule has 9 heteroatoms. The molecule has 0 aliphatic carbocycles. The zero-order valence-electron chi connectivity index (χ0n) is 19.1. The number of aromatic nitrogens is 5. The summed E-state index contributed by atoms with van der Waals surface area (Å²) in [4.78, 5) is 11.3. The normalized spacial score (nSPS) is 16.7. The van der Waals surface area contributed by atoms with E-state index < -0.39 is 0 Å². The number of hydrogen-bond acceptors (Lipinski definition) is 6. The van der Waals surface area contributed by atoms with E-state index in [4.69, 9.17) is 11.6 Å². The zero-order chi connectivity index (χ0) is 23.1. The minimum Gasteiger partial charge on any atom is -0.392 e. The van der Waals surface area contributed by atoms with Gasteiger partial charge in [-0.05, 0) is 50.5 Å². The van der Waals surface area contributed by atoms with Gasteiger partial charge in [-0.1, -0.05) is 11.6 Å². The molecule has 8 nitrogen and oxygen atoms in total. The monoisotopic (exact) mass is 465 g/mol. The first-order valence-corrected chi connectivity index (χ1v) is 11.6. The lowest BCUT2D eigenvalue weighted by Gasteiger charge is -2.13. The van der Waals surface area contributed by atoms with Crippen LogP contribution in [-0.2, 0) is 13.5 Å². The fourth-order valence-electron chi connectivity index (χ4n) is 4.42. The van der Waals surface area contributed by atoms with Crippen molar-refractivity contribution in [2.24, 2.45) is 7.05 Å². The fraction of sp³-hybridized carbons (Fsp3) is 0.375. The molecule has 4 heterocycles. The summed E-state index contributed by atoms with van der Waals surface area (Å²) in [6.07, 6.45) is 5.32. The van der Waals surface area contributed by atoms with Crippen LogP contribution in [0.15, 0.2) is 36.7 Å². The van der Waals surface area contributed by atoms with Crippen molar-refractivity contribution in [3.63, 3.8) is 0 Å². The van der Waals surface area contributed by atoms with E-state index in [-0.39, 0.29) is 6.10 Å². The number of nitrogens with zero attached hydrogens (tertiary/aromatic N) is 6. The summed E-state index contributed by atoms with van der Waals surface area (Å²) in [6, 6.07) is 7.91. The highest BCUT2D eigenvalue weighted by atomic mass is 35.5. The lowest BCUT2D eigenvalue weighted by Crippen LogP contribution is -2.24. The van der Waals surface area contributed by atoms with Crippen molar-refractivity contribution in [3.8, 4) is 5.82 Å². The number of fused-ring (bicyclic) bond motifs is 1. The molecule has 0 radical (unpaired) electrons. The maximum atomic E-state index is 9.73. The molecule has 1 saturated heterocycles. The van der Waals surface area contributed by atoms with Crippen LogP contribution in [0.1, 0.15) is 23.4 Å². The van der Waals surface area contributed by atoms with Gasteiger partial charge in [-0.25, -0.2) is 9.67 Å².